The van der Waals surface area contributed by atoms with Crippen molar-refractivity contribution in [3.05, 3.63) is 17.7 Å². The van der Waals surface area contributed by atoms with E-state index in [2.05, 4.69) is 0 Å². The van der Waals surface area contributed by atoms with Crippen molar-refractivity contribution in [3.8, 4) is 11.5 Å². The van der Waals surface area contributed by atoms with Gasteiger partial charge in [0.25, 0.3) is 0 Å². The molecule has 1 heterocycles. The molecule has 0 aromatic heterocycles. The highest BCUT2D eigenvalue weighted by molar-refractivity contribution is 5.61. The van der Waals surface area contributed by atoms with Crippen LogP contribution >= 0.6 is 0 Å². The van der Waals surface area contributed by atoms with Crippen LogP contribution in [0, 0.1) is 6.92 Å². The Morgan fingerprint density at radius 1 is 1.33 bits per heavy atom. The molecular weight excluding hydrogens is 232 g/mol. The number of ether oxygens (including phenoxy) is 2. The summed E-state index contributed by atoms with van der Waals surface area (Å²) in [5, 5.41) is 9.60. The van der Waals surface area contributed by atoms with Gasteiger partial charge >= 0.3 is 0 Å². The minimum absolute atomic E-state index is 0.258. The lowest BCUT2D eigenvalue weighted by atomic mass is 10.1. The second-order valence-electron chi connectivity index (χ2n) is 4.55. The number of nitrogens with zero attached hydrogens (tertiary/aromatic N) is 1. The average Bonchev–Trinajstić information content (AvgIpc) is 2.37. The van der Waals surface area contributed by atoms with Crippen LogP contribution in [-0.4, -0.2) is 44.6 Å². The fraction of sp³-hybridized carbons (Fsp3) is 0.538. The van der Waals surface area contributed by atoms with E-state index in [4.69, 9.17) is 15.2 Å². The maximum Gasteiger partial charge on any atom is 0.163 e. The summed E-state index contributed by atoms with van der Waals surface area (Å²) in [7, 11) is 1.93. The van der Waals surface area contributed by atoms with Crippen LogP contribution < -0.4 is 20.1 Å². The zero-order valence-electron chi connectivity index (χ0n) is 10.8. The van der Waals surface area contributed by atoms with Crippen LogP contribution in [0.15, 0.2) is 12.1 Å². The molecule has 0 aliphatic carbocycles. The number of likely N-dealkylation sites (N-methyl/N-ethyl adjacent to an activating group) is 1. The number of aliphatic hydroxyl groups excluding tert-OH is 1. The van der Waals surface area contributed by atoms with Crippen LogP contribution in [0.1, 0.15) is 5.56 Å². The Morgan fingerprint density at radius 3 is 2.56 bits per heavy atom. The van der Waals surface area contributed by atoms with E-state index in [9.17, 15) is 5.11 Å². The molecule has 2 rings (SSSR count). The SMILES string of the molecule is Cc1cc2c(cc1N(C)CC(O)CN)OCCO2. The van der Waals surface area contributed by atoms with Crippen LogP contribution in [0.25, 0.3) is 0 Å². The first-order chi connectivity index (χ1) is 8.61. The smallest absolute Gasteiger partial charge is 0.163 e. The molecule has 18 heavy (non-hydrogen) atoms. The van der Waals surface area contributed by atoms with Gasteiger partial charge in [-0.05, 0) is 18.6 Å². The molecule has 0 spiro atoms. The largest absolute Gasteiger partial charge is 0.486 e. The molecular formula is C13H20N2O3. The van der Waals surface area contributed by atoms with Crippen LogP contribution in [0.2, 0.25) is 0 Å². The predicted molar refractivity (Wildman–Crippen MR) is 70.5 cm³/mol. The third kappa shape index (κ3) is 2.68. The van der Waals surface area contributed by atoms with Gasteiger partial charge in [0.05, 0.1) is 6.10 Å². The summed E-state index contributed by atoms with van der Waals surface area (Å²) in [5.41, 5.74) is 7.53. The first kappa shape index (κ1) is 13.0. The molecule has 1 aromatic carbocycles. The molecule has 0 radical (unpaired) electrons. The number of rotatable bonds is 4. The third-order valence-corrected chi connectivity index (χ3v) is 3.03. The Labute approximate surface area is 107 Å². The number of aryl methyl sites for hydroxylation is 1. The normalized spacial score (nSPS) is 15.3. The average molecular weight is 252 g/mol. The second kappa shape index (κ2) is 5.46. The number of hydrogen-bond donors (Lipinski definition) is 2. The number of fused-ring (bicyclic) bond motifs is 1. The van der Waals surface area contributed by atoms with Gasteiger partial charge in [-0.3, -0.25) is 0 Å². The topological polar surface area (TPSA) is 68.0 Å². The summed E-state index contributed by atoms with van der Waals surface area (Å²) in [4.78, 5) is 1.98. The fourth-order valence-corrected chi connectivity index (χ4v) is 2.08. The Bertz CT molecular complexity index is 423. The summed E-state index contributed by atoms with van der Waals surface area (Å²) >= 11 is 0. The Morgan fingerprint density at radius 2 is 1.94 bits per heavy atom. The summed E-state index contributed by atoms with van der Waals surface area (Å²) in [6.45, 7) is 3.93. The van der Waals surface area contributed by atoms with Gasteiger partial charge in [0.1, 0.15) is 13.2 Å². The molecule has 5 nitrogen and oxygen atoms in total. The maximum absolute atomic E-state index is 9.60. The van der Waals surface area contributed by atoms with Gasteiger partial charge in [-0.2, -0.15) is 0 Å². The molecule has 0 saturated heterocycles. The highest BCUT2D eigenvalue weighted by Crippen LogP contribution is 2.36. The molecule has 1 aromatic rings. The minimum atomic E-state index is -0.525. The van der Waals surface area contributed by atoms with Crippen LogP contribution in [-0.2, 0) is 0 Å². The first-order valence-electron chi connectivity index (χ1n) is 6.11. The summed E-state index contributed by atoms with van der Waals surface area (Å²) < 4.78 is 11.1. The molecule has 0 amide bonds. The highest BCUT2D eigenvalue weighted by atomic mass is 16.6. The van der Waals surface area contributed by atoms with Crippen molar-refractivity contribution in [3.63, 3.8) is 0 Å². The van der Waals surface area contributed by atoms with Crippen molar-refractivity contribution < 1.29 is 14.6 Å². The quantitative estimate of drug-likeness (QED) is 0.818. The van der Waals surface area contributed by atoms with Gasteiger partial charge in [0, 0.05) is 31.9 Å². The number of anilines is 1. The highest BCUT2D eigenvalue weighted by Gasteiger charge is 2.17. The summed E-state index contributed by atoms with van der Waals surface area (Å²) in [6, 6.07) is 3.92. The molecule has 0 bridgehead atoms. The lowest BCUT2D eigenvalue weighted by Gasteiger charge is -2.26. The van der Waals surface area contributed by atoms with E-state index in [0.717, 1.165) is 22.7 Å². The number of aliphatic hydroxyl groups is 1. The van der Waals surface area contributed by atoms with Crippen molar-refractivity contribution in [2.75, 3.05) is 38.3 Å². The monoisotopic (exact) mass is 252 g/mol. The fourth-order valence-electron chi connectivity index (χ4n) is 2.08. The first-order valence-corrected chi connectivity index (χ1v) is 6.11. The molecule has 1 aliphatic heterocycles. The molecule has 5 heteroatoms. The molecule has 1 unspecified atom stereocenters. The van der Waals surface area contributed by atoms with Gasteiger partial charge in [0.2, 0.25) is 0 Å². The Kier molecular flexibility index (Phi) is 3.93. The Hall–Kier alpha value is -1.46. The lowest BCUT2D eigenvalue weighted by Crippen LogP contribution is -2.34. The van der Waals surface area contributed by atoms with Crippen LogP contribution in [0.3, 0.4) is 0 Å². The molecule has 0 fully saturated rings. The molecule has 3 N–H and O–H groups in total. The van der Waals surface area contributed by atoms with E-state index in [-0.39, 0.29) is 6.54 Å². The summed E-state index contributed by atoms with van der Waals surface area (Å²) in [5.74, 6) is 1.55. The van der Waals surface area contributed by atoms with E-state index in [1.165, 1.54) is 0 Å². The standard InChI is InChI=1S/C13H20N2O3/c1-9-5-12-13(18-4-3-17-12)6-11(9)15(2)8-10(16)7-14/h5-6,10,16H,3-4,7-8,14H2,1-2H3. The Balaban J connectivity index is 2.22. The zero-order valence-corrected chi connectivity index (χ0v) is 10.8. The zero-order chi connectivity index (χ0) is 13.1. The van der Waals surface area contributed by atoms with Gasteiger partial charge in [-0.1, -0.05) is 0 Å². The minimum Gasteiger partial charge on any atom is -0.486 e. The van der Waals surface area contributed by atoms with Crippen molar-refractivity contribution in [2.45, 2.75) is 13.0 Å². The van der Waals surface area contributed by atoms with E-state index >= 15 is 0 Å². The van der Waals surface area contributed by atoms with E-state index < -0.39 is 6.10 Å². The van der Waals surface area contributed by atoms with Crippen molar-refractivity contribution >= 4 is 5.69 Å². The maximum atomic E-state index is 9.60. The number of hydrogen-bond acceptors (Lipinski definition) is 5. The van der Waals surface area contributed by atoms with E-state index in [1.54, 1.807) is 0 Å². The number of benzene rings is 1. The van der Waals surface area contributed by atoms with Gasteiger partial charge < -0.3 is 25.2 Å². The van der Waals surface area contributed by atoms with Gasteiger partial charge in [0.15, 0.2) is 11.5 Å². The van der Waals surface area contributed by atoms with Crippen molar-refractivity contribution in [1.29, 1.82) is 0 Å². The van der Waals surface area contributed by atoms with Crippen LogP contribution in [0.4, 0.5) is 5.69 Å². The van der Waals surface area contributed by atoms with Crippen molar-refractivity contribution in [1.82, 2.24) is 0 Å². The number of nitrogens with two attached hydrogens (primary N) is 1. The van der Waals surface area contributed by atoms with Gasteiger partial charge in [-0.25, -0.2) is 0 Å². The molecule has 1 atom stereocenters. The van der Waals surface area contributed by atoms with Crippen LogP contribution in [0.5, 0.6) is 11.5 Å². The molecule has 0 saturated carbocycles. The van der Waals surface area contributed by atoms with E-state index in [0.29, 0.717) is 19.8 Å². The summed E-state index contributed by atoms with van der Waals surface area (Å²) in [6.07, 6.45) is -0.525. The second-order valence-corrected chi connectivity index (χ2v) is 4.55. The van der Waals surface area contributed by atoms with Crippen molar-refractivity contribution in [2.24, 2.45) is 5.73 Å². The molecule has 1 aliphatic rings. The van der Waals surface area contributed by atoms with E-state index in [1.807, 2.05) is 31.0 Å². The molecule has 100 valence electrons. The predicted octanol–water partition coefficient (Wildman–Crippen LogP) is 0.522. The van der Waals surface area contributed by atoms with Gasteiger partial charge in [-0.15, -0.1) is 0 Å². The third-order valence-electron chi connectivity index (χ3n) is 3.03. The lowest BCUT2D eigenvalue weighted by molar-refractivity contribution is 0.171.